The van der Waals surface area contributed by atoms with Gasteiger partial charge in [-0.3, -0.25) is 4.79 Å². The highest BCUT2D eigenvalue weighted by molar-refractivity contribution is 6.00. The molecule has 1 aromatic rings. The zero-order valence-corrected chi connectivity index (χ0v) is 8.72. The average Bonchev–Trinajstić information content (AvgIpc) is 2.11. The summed E-state index contributed by atoms with van der Waals surface area (Å²) < 4.78 is 0. The Labute approximate surface area is 83.8 Å². The summed E-state index contributed by atoms with van der Waals surface area (Å²) in [5.74, 6) is -0.0264. The molecule has 14 heavy (non-hydrogen) atoms. The first-order valence-electron chi connectivity index (χ1n) is 4.54. The van der Waals surface area contributed by atoms with Crippen LogP contribution in [-0.4, -0.2) is 24.5 Å². The topological polar surface area (TPSA) is 49.3 Å². The van der Waals surface area contributed by atoms with E-state index >= 15 is 0 Å². The number of benzene rings is 1. The van der Waals surface area contributed by atoms with Gasteiger partial charge in [-0.25, -0.2) is 0 Å². The molecule has 0 fully saturated rings. The van der Waals surface area contributed by atoms with Crippen molar-refractivity contribution in [3.63, 3.8) is 0 Å². The number of aromatic hydroxyl groups is 1. The van der Waals surface area contributed by atoms with Crippen molar-refractivity contribution in [2.45, 2.75) is 13.8 Å². The van der Waals surface area contributed by atoms with Gasteiger partial charge in [0, 0.05) is 0 Å². The number of likely N-dealkylation sites (N-methyl/N-ethyl adjacent to an activating group) is 1. The summed E-state index contributed by atoms with van der Waals surface area (Å²) in [6.45, 7) is 4.07. The monoisotopic (exact) mass is 193 g/mol. The maximum atomic E-state index is 11.5. The number of carbonyl (C=O) groups excluding carboxylic acids is 1. The molecule has 0 aromatic heterocycles. The van der Waals surface area contributed by atoms with Crippen molar-refractivity contribution in [2.24, 2.45) is 0 Å². The first kappa shape index (κ1) is 10.7. The fourth-order valence-corrected chi connectivity index (χ4v) is 1.28. The van der Waals surface area contributed by atoms with Crippen molar-refractivity contribution >= 4 is 5.78 Å². The second kappa shape index (κ2) is 4.24. The van der Waals surface area contributed by atoms with Crippen molar-refractivity contribution in [2.75, 3.05) is 13.6 Å². The molecule has 0 atom stereocenters. The fraction of sp³-hybridized carbons (Fsp3) is 0.364. The molecule has 0 saturated heterocycles. The highest BCUT2D eigenvalue weighted by Crippen LogP contribution is 2.21. The van der Waals surface area contributed by atoms with Gasteiger partial charge in [-0.1, -0.05) is 0 Å². The normalized spacial score (nSPS) is 10.2. The molecule has 3 nitrogen and oxygen atoms in total. The summed E-state index contributed by atoms with van der Waals surface area (Å²) in [6, 6.07) is 3.35. The van der Waals surface area contributed by atoms with Crippen LogP contribution in [0.5, 0.6) is 5.75 Å². The molecule has 0 radical (unpaired) electrons. The molecule has 0 aliphatic carbocycles. The Hall–Kier alpha value is -1.35. The number of phenols is 1. The summed E-state index contributed by atoms with van der Waals surface area (Å²) in [7, 11) is 1.70. The number of phenolic OH excluding ortho intramolecular Hbond substituents is 1. The zero-order valence-electron chi connectivity index (χ0n) is 8.72. The average molecular weight is 193 g/mol. The van der Waals surface area contributed by atoms with Gasteiger partial charge in [-0.05, 0) is 44.2 Å². The van der Waals surface area contributed by atoms with E-state index in [9.17, 15) is 9.90 Å². The second-order valence-corrected chi connectivity index (χ2v) is 3.41. The lowest BCUT2D eigenvalue weighted by atomic mass is 10.0. The Morgan fingerprint density at radius 2 is 1.93 bits per heavy atom. The Morgan fingerprint density at radius 3 is 2.50 bits per heavy atom. The minimum Gasteiger partial charge on any atom is -0.507 e. The molecule has 0 saturated carbocycles. The van der Waals surface area contributed by atoms with Crippen LogP contribution >= 0.6 is 0 Å². The number of Topliss-reactive ketones (excluding diaryl/α,β-unsaturated/α-hetero) is 1. The lowest BCUT2D eigenvalue weighted by molar-refractivity contribution is 0.0991. The molecule has 3 heteroatoms. The number of aryl methyl sites for hydroxylation is 2. The third kappa shape index (κ3) is 2.12. The van der Waals surface area contributed by atoms with E-state index in [0.717, 1.165) is 11.1 Å². The van der Waals surface area contributed by atoms with E-state index < -0.39 is 0 Å². The molecule has 1 aromatic carbocycles. The molecule has 1 rings (SSSR count). The summed E-state index contributed by atoms with van der Waals surface area (Å²) in [6.07, 6.45) is 0. The van der Waals surface area contributed by atoms with Crippen molar-refractivity contribution in [3.8, 4) is 5.75 Å². The molecule has 0 bridgehead atoms. The number of rotatable bonds is 3. The van der Waals surface area contributed by atoms with Gasteiger partial charge < -0.3 is 10.4 Å². The molecule has 0 amide bonds. The Morgan fingerprint density at radius 1 is 1.36 bits per heavy atom. The van der Waals surface area contributed by atoms with Crippen molar-refractivity contribution in [1.29, 1.82) is 0 Å². The van der Waals surface area contributed by atoms with Crippen LogP contribution in [0.1, 0.15) is 21.5 Å². The molecule has 2 N–H and O–H groups in total. The number of hydrogen-bond acceptors (Lipinski definition) is 3. The van der Waals surface area contributed by atoms with Gasteiger partial charge in [0.2, 0.25) is 0 Å². The molecule has 76 valence electrons. The van der Waals surface area contributed by atoms with E-state index in [1.807, 2.05) is 13.8 Å². The lowest BCUT2D eigenvalue weighted by Crippen LogP contribution is -2.18. The molecule has 0 spiro atoms. The van der Waals surface area contributed by atoms with E-state index in [0.29, 0.717) is 5.56 Å². The van der Waals surface area contributed by atoms with Gasteiger partial charge in [-0.2, -0.15) is 0 Å². The maximum Gasteiger partial charge on any atom is 0.180 e. The minimum atomic E-state index is -0.0897. The van der Waals surface area contributed by atoms with Crippen LogP contribution in [0.2, 0.25) is 0 Å². The van der Waals surface area contributed by atoms with E-state index in [1.165, 1.54) is 0 Å². The van der Waals surface area contributed by atoms with Gasteiger partial charge in [0.05, 0.1) is 12.1 Å². The highest BCUT2D eigenvalue weighted by atomic mass is 16.3. The Kier molecular flexibility index (Phi) is 3.25. The van der Waals surface area contributed by atoms with Crippen molar-refractivity contribution in [3.05, 3.63) is 28.8 Å². The van der Waals surface area contributed by atoms with Crippen LogP contribution in [0.4, 0.5) is 0 Å². The van der Waals surface area contributed by atoms with Gasteiger partial charge in [0.25, 0.3) is 0 Å². The van der Waals surface area contributed by atoms with Crippen LogP contribution in [0.25, 0.3) is 0 Å². The summed E-state index contributed by atoms with van der Waals surface area (Å²) >= 11 is 0. The molecular weight excluding hydrogens is 178 g/mol. The Balaban J connectivity index is 3.09. The second-order valence-electron chi connectivity index (χ2n) is 3.41. The lowest BCUT2D eigenvalue weighted by Gasteiger charge is -2.07. The van der Waals surface area contributed by atoms with Gasteiger partial charge in [0.15, 0.2) is 5.78 Å². The third-order valence-corrected chi connectivity index (χ3v) is 2.25. The molecular formula is C11H15NO2. The van der Waals surface area contributed by atoms with Crippen LogP contribution in [-0.2, 0) is 0 Å². The van der Waals surface area contributed by atoms with E-state index in [1.54, 1.807) is 19.2 Å². The standard InChI is InChI=1S/C11H15NO2/c1-7-4-9(11(14)6-12-3)10(13)5-8(7)2/h4-5,12-13H,6H2,1-3H3. The summed E-state index contributed by atoms with van der Waals surface area (Å²) in [5, 5.41) is 12.3. The predicted molar refractivity (Wildman–Crippen MR) is 55.8 cm³/mol. The first-order chi connectivity index (χ1) is 6.56. The number of hydrogen-bond donors (Lipinski definition) is 2. The maximum absolute atomic E-state index is 11.5. The minimum absolute atomic E-state index is 0.0633. The fourth-order valence-electron chi connectivity index (χ4n) is 1.28. The van der Waals surface area contributed by atoms with Crippen LogP contribution < -0.4 is 5.32 Å². The SMILES string of the molecule is CNCC(=O)c1cc(C)c(C)cc1O. The molecule has 0 heterocycles. The van der Waals surface area contributed by atoms with Gasteiger partial charge in [-0.15, -0.1) is 0 Å². The predicted octanol–water partition coefficient (Wildman–Crippen LogP) is 1.41. The molecule has 0 unspecified atom stereocenters. The number of ketones is 1. The number of nitrogens with one attached hydrogen (secondary N) is 1. The van der Waals surface area contributed by atoms with Crippen LogP contribution in [0.3, 0.4) is 0 Å². The van der Waals surface area contributed by atoms with Gasteiger partial charge >= 0.3 is 0 Å². The summed E-state index contributed by atoms with van der Waals surface area (Å²) in [4.78, 5) is 11.5. The largest absolute Gasteiger partial charge is 0.507 e. The van der Waals surface area contributed by atoms with E-state index in [4.69, 9.17) is 0 Å². The third-order valence-electron chi connectivity index (χ3n) is 2.25. The van der Waals surface area contributed by atoms with Crippen molar-refractivity contribution in [1.82, 2.24) is 5.32 Å². The smallest absolute Gasteiger partial charge is 0.180 e. The summed E-state index contributed by atoms with van der Waals surface area (Å²) in [5.41, 5.74) is 2.40. The van der Waals surface area contributed by atoms with E-state index in [2.05, 4.69) is 5.32 Å². The zero-order chi connectivity index (χ0) is 10.7. The van der Waals surface area contributed by atoms with Crippen LogP contribution in [0, 0.1) is 13.8 Å². The van der Waals surface area contributed by atoms with Gasteiger partial charge in [0.1, 0.15) is 5.75 Å². The van der Waals surface area contributed by atoms with Crippen LogP contribution in [0.15, 0.2) is 12.1 Å². The quantitative estimate of drug-likeness (QED) is 0.713. The Bertz CT molecular complexity index is 359. The van der Waals surface area contributed by atoms with Crippen molar-refractivity contribution < 1.29 is 9.90 Å². The first-order valence-corrected chi connectivity index (χ1v) is 4.54. The van der Waals surface area contributed by atoms with E-state index in [-0.39, 0.29) is 18.1 Å². The number of carbonyl (C=O) groups is 1. The molecule has 0 aliphatic heterocycles. The highest BCUT2D eigenvalue weighted by Gasteiger charge is 2.11. The molecule has 0 aliphatic rings.